The van der Waals surface area contributed by atoms with Crippen molar-refractivity contribution in [2.24, 2.45) is 0 Å². The Hall–Kier alpha value is 0.360. The molecular weight excluding hydrogens is 488 g/mol. The van der Waals surface area contributed by atoms with Crippen molar-refractivity contribution >= 4 is 63.7 Å². The van der Waals surface area contributed by atoms with E-state index >= 15 is 0 Å². The molecule has 0 bridgehead atoms. The molecule has 0 aliphatic carbocycles. The van der Waals surface area contributed by atoms with Crippen LogP contribution in [0.1, 0.15) is 21.5 Å². The van der Waals surface area contributed by atoms with Crippen LogP contribution in [0.5, 0.6) is 0 Å². The first-order valence-electron chi connectivity index (χ1n) is 5.34. The number of hydrogen-bond donors (Lipinski definition) is 0. The fourth-order valence-corrected chi connectivity index (χ4v) is 4.17. The van der Waals surface area contributed by atoms with Gasteiger partial charge in [-0.1, -0.05) is 69.8 Å². The summed E-state index contributed by atoms with van der Waals surface area (Å²) in [5.41, 5.74) is 3.75. The summed E-state index contributed by atoms with van der Waals surface area (Å²) in [7, 11) is 0. The van der Waals surface area contributed by atoms with E-state index in [1.807, 2.05) is 6.07 Å². The smallest absolute Gasteiger partial charge is 0.0658 e. The maximum atomic E-state index is 3.79. The van der Waals surface area contributed by atoms with E-state index in [1.54, 1.807) is 0 Å². The van der Waals surface area contributed by atoms with E-state index < -0.39 is 0 Å². The number of halogens is 4. The Balaban J connectivity index is 2.50. The zero-order chi connectivity index (χ0) is 13.3. The molecule has 0 heterocycles. The van der Waals surface area contributed by atoms with Crippen LogP contribution in [0.4, 0.5) is 0 Å². The number of rotatable bonds is 2. The largest absolute Gasteiger partial charge is 0.0786 e. The van der Waals surface area contributed by atoms with Gasteiger partial charge in [-0.3, -0.25) is 0 Å². The summed E-state index contributed by atoms with van der Waals surface area (Å²) in [5, 5.41) is 0. The fraction of sp³-hybridized carbons (Fsp3) is 0.143. The van der Waals surface area contributed by atoms with Gasteiger partial charge in [0.1, 0.15) is 0 Å². The molecule has 1 atom stereocenters. The van der Waals surface area contributed by atoms with Crippen LogP contribution in [0.15, 0.2) is 49.8 Å². The van der Waals surface area contributed by atoms with Crippen molar-refractivity contribution in [3.63, 3.8) is 0 Å². The number of hydrogen-bond acceptors (Lipinski definition) is 0. The van der Waals surface area contributed by atoms with E-state index in [4.69, 9.17) is 0 Å². The molecule has 2 aromatic carbocycles. The quantitative estimate of drug-likeness (QED) is 0.402. The maximum absolute atomic E-state index is 3.79. The molecule has 0 N–H and O–H groups in total. The van der Waals surface area contributed by atoms with Crippen LogP contribution in [-0.2, 0) is 0 Å². The van der Waals surface area contributed by atoms with Crippen LogP contribution in [0.2, 0.25) is 0 Å². The van der Waals surface area contributed by atoms with Crippen LogP contribution >= 0.6 is 63.7 Å². The van der Waals surface area contributed by atoms with Crippen LogP contribution in [0.25, 0.3) is 0 Å². The molecule has 18 heavy (non-hydrogen) atoms. The number of aryl methyl sites for hydroxylation is 1. The minimum atomic E-state index is 0.168. The third-order valence-corrected chi connectivity index (χ3v) is 5.44. The number of alkyl halides is 1. The van der Waals surface area contributed by atoms with E-state index in [2.05, 4.69) is 101 Å². The van der Waals surface area contributed by atoms with Crippen molar-refractivity contribution in [2.75, 3.05) is 0 Å². The van der Waals surface area contributed by atoms with Gasteiger partial charge in [-0.15, -0.1) is 0 Å². The van der Waals surface area contributed by atoms with Gasteiger partial charge in [-0.05, 0) is 53.9 Å². The standard InChI is InChI=1S/C14H10Br4/c1-8-2-3-9(15)6-11(8)14(18)12-7-10(16)4-5-13(12)17/h2-7,14H,1H3. The van der Waals surface area contributed by atoms with Crippen molar-refractivity contribution in [1.82, 2.24) is 0 Å². The third kappa shape index (κ3) is 3.27. The molecule has 1 unspecified atom stereocenters. The molecule has 0 spiro atoms. The molecule has 0 aliphatic heterocycles. The summed E-state index contributed by atoms with van der Waals surface area (Å²) in [6.07, 6.45) is 0. The van der Waals surface area contributed by atoms with Crippen LogP contribution in [0.3, 0.4) is 0 Å². The van der Waals surface area contributed by atoms with Gasteiger partial charge in [-0.2, -0.15) is 0 Å². The van der Waals surface area contributed by atoms with Gasteiger partial charge in [0.05, 0.1) is 4.83 Å². The highest BCUT2D eigenvalue weighted by Gasteiger charge is 2.16. The van der Waals surface area contributed by atoms with Gasteiger partial charge in [-0.25, -0.2) is 0 Å². The molecule has 0 radical (unpaired) electrons. The highest BCUT2D eigenvalue weighted by atomic mass is 79.9. The Morgan fingerprint density at radius 1 is 0.833 bits per heavy atom. The van der Waals surface area contributed by atoms with Gasteiger partial charge in [0.2, 0.25) is 0 Å². The van der Waals surface area contributed by atoms with E-state index in [0.717, 1.165) is 13.4 Å². The average molecular weight is 498 g/mol. The molecule has 0 nitrogen and oxygen atoms in total. The monoisotopic (exact) mass is 494 g/mol. The Morgan fingerprint density at radius 2 is 1.39 bits per heavy atom. The second-order valence-corrected chi connectivity index (χ2v) is 7.63. The Morgan fingerprint density at radius 3 is 2.06 bits per heavy atom. The zero-order valence-corrected chi connectivity index (χ0v) is 15.9. The first-order chi connectivity index (χ1) is 8.49. The maximum Gasteiger partial charge on any atom is 0.0658 e. The predicted octanol–water partition coefficient (Wildman–Crippen LogP) is 6.77. The highest BCUT2D eigenvalue weighted by molar-refractivity contribution is 9.11. The van der Waals surface area contributed by atoms with Crippen molar-refractivity contribution < 1.29 is 0 Å². The van der Waals surface area contributed by atoms with Crippen LogP contribution in [-0.4, -0.2) is 0 Å². The SMILES string of the molecule is Cc1ccc(Br)cc1C(Br)c1cc(Br)ccc1Br. The summed E-state index contributed by atoms with van der Waals surface area (Å²) in [5.74, 6) is 0. The molecule has 0 aliphatic rings. The molecule has 0 saturated carbocycles. The summed E-state index contributed by atoms with van der Waals surface area (Å²) in [6, 6.07) is 12.6. The Bertz CT molecular complexity index is 527. The average Bonchev–Trinajstić information content (AvgIpc) is 2.34. The van der Waals surface area contributed by atoms with Gasteiger partial charge < -0.3 is 0 Å². The van der Waals surface area contributed by atoms with Crippen molar-refractivity contribution in [2.45, 2.75) is 11.8 Å². The van der Waals surface area contributed by atoms with Crippen molar-refractivity contribution in [3.05, 3.63) is 66.5 Å². The molecule has 0 fully saturated rings. The molecule has 0 amide bonds. The van der Waals surface area contributed by atoms with Crippen molar-refractivity contribution in [1.29, 1.82) is 0 Å². The molecular formula is C14H10Br4. The molecule has 0 aromatic heterocycles. The summed E-state index contributed by atoms with van der Waals surface area (Å²) in [4.78, 5) is 0.168. The van der Waals surface area contributed by atoms with E-state index in [0.29, 0.717) is 0 Å². The molecule has 0 saturated heterocycles. The summed E-state index contributed by atoms with van der Waals surface area (Å²) >= 11 is 14.4. The highest BCUT2D eigenvalue weighted by Crippen LogP contribution is 2.38. The van der Waals surface area contributed by atoms with Gasteiger partial charge >= 0.3 is 0 Å². The number of benzene rings is 2. The van der Waals surface area contributed by atoms with Gasteiger partial charge in [0, 0.05) is 13.4 Å². The Labute approximate surface area is 141 Å². The fourth-order valence-electron chi connectivity index (χ4n) is 1.76. The zero-order valence-electron chi connectivity index (χ0n) is 9.55. The first kappa shape index (κ1) is 14.8. The van der Waals surface area contributed by atoms with Crippen molar-refractivity contribution in [3.8, 4) is 0 Å². The summed E-state index contributed by atoms with van der Waals surface area (Å²) < 4.78 is 3.28. The molecule has 2 rings (SSSR count). The molecule has 4 heteroatoms. The second-order valence-electron chi connectivity index (χ2n) is 4.03. The van der Waals surface area contributed by atoms with E-state index in [1.165, 1.54) is 16.7 Å². The second kappa shape index (κ2) is 6.21. The van der Waals surface area contributed by atoms with Crippen LogP contribution < -0.4 is 0 Å². The lowest BCUT2D eigenvalue weighted by Gasteiger charge is -2.16. The summed E-state index contributed by atoms with van der Waals surface area (Å²) in [6.45, 7) is 2.13. The minimum Gasteiger partial charge on any atom is -0.0786 e. The lowest BCUT2D eigenvalue weighted by atomic mass is 10.0. The predicted molar refractivity (Wildman–Crippen MR) is 91.5 cm³/mol. The van der Waals surface area contributed by atoms with E-state index in [-0.39, 0.29) is 4.83 Å². The Kier molecular flexibility index (Phi) is 5.09. The lowest BCUT2D eigenvalue weighted by molar-refractivity contribution is 1.13. The van der Waals surface area contributed by atoms with Gasteiger partial charge in [0.25, 0.3) is 0 Å². The third-order valence-electron chi connectivity index (χ3n) is 2.75. The lowest BCUT2D eigenvalue weighted by Crippen LogP contribution is -1.97. The topological polar surface area (TPSA) is 0 Å². The van der Waals surface area contributed by atoms with E-state index in [9.17, 15) is 0 Å². The molecule has 94 valence electrons. The van der Waals surface area contributed by atoms with Crippen LogP contribution in [0, 0.1) is 6.92 Å². The van der Waals surface area contributed by atoms with Gasteiger partial charge in [0.15, 0.2) is 0 Å². The molecule has 2 aromatic rings. The first-order valence-corrected chi connectivity index (χ1v) is 8.63. The normalized spacial score (nSPS) is 12.5. The minimum absolute atomic E-state index is 0.168.